The van der Waals surface area contributed by atoms with Crippen LogP contribution in [0, 0.1) is 5.92 Å². The smallest absolute Gasteiger partial charge is 0.305 e. The summed E-state index contributed by atoms with van der Waals surface area (Å²) in [5, 5.41) is 8.92. The largest absolute Gasteiger partial charge is 0.481 e. The van der Waals surface area contributed by atoms with Gasteiger partial charge in [-0.1, -0.05) is 0 Å². The second-order valence-electron chi connectivity index (χ2n) is 5.57. The normalized spacial score (nSPS) is 37.6. The van der Waals surface area contributed by atoms with Gasteiger partial charge >= 0.3 is 5.97 Å². The van der Waals surface area contributed by atoms with Crippen LogP contribution < -0.4 is 0 Å². The van der Waals surface area contributed by atoms with Crippen molar-refractivity contribution in [3.05, 3.63) is 0 Å². The van der Waals surface area contributed by atoms with Gasteiger partial charge in [-0.3, -0.25) is 9.59 Å². The summed E-state index contributed by atoms with van der Waals surface area (Å²) in [6.07, 6.45) is 3.03. The molecule has 3 heterocycles. The Labute approximate surface area is 111 Å². The van der Waals surface area contributed by atoms with Crippen molar-refractivity contribution in [2.24, 2.45) is 5.92 Å². The predicted octanol–water partition coefficient (Wildman–Crippen LogP) is 0.256. The second-order valence-corrected chi connectivity index (χ2v) is 5.57. The number of amides is 1. The van der Waals surface area contributed by atoms with E-state index >= 15 is 0 Å². The fraction of sp³-hybridized carbons (Fsp3) is 0.846. The number of carboxylic acid groups (broad SMARTS) is 1. The number of hydrogen-bond acceptors (Lipinski definition) is 4. The van der Waals surface area contributed by atoms with Crippen molar-refractivity contribution in [3.63, 3.8) is 0 Å². The monoisotopic (exact) mass is 269 g/mol. The van der Waals surface area contributed by atoms with Gasteiger partial charge in [-0.2, -0.15) is 0 Å². The molecule has 0 saturated carbocycles. The molecule has 6 heteroatoms. The van der Waals surface area contributed by atoms with Crippen molar-refractivity contribution in [1.29, 1.82) is 0 Å². The first kappa shape index (κ1) is 12.9. The molecule has 3 rings (SSSR count). The van der Waals surface area contributed by atoms with Gasteiger partial charge in [0, 0.05) is 6.54 Å². The molecule has 3 aliphatic heterocycles. The minimum atomic E-state index is -0.891. The molecule has 1 N–H and O–H groups in total. The van der Waals surface area contributed by atoms with Crippen molar-refractivity contribution < 1.29 is 24.2 Å². The minimum absolute atomic E-state index is 0.0471. The van der Waals surface area contributed by atoms with Gasteiger partial charge in [-0.15, -0.1) is 0 Å². The van der Waals surface area contributed by atoms with Crippen LogP contribution in [0.15, 0.2) is 0 Å². The third kappa shape index (κ3) is 2.47. The van der Waals surface area contributed by atoms with Crippen molar-refractivity contribution in [2.75, 3.05) is 19.8 Å². The van der Waals surface area contributed by atoms with E-state index in [2.05, 4.69) is 0 Å². The van der Waals surface area contributed by atoms with Crippen LogP contribution in [0.5, 0.6) is 0 Å². The molecule has 4 atom stereocenters. The highest BCUT2D eigenvalue weighted by Gasteiger charge is 2.47. The summed E-state index contributed by atoms with van der Waals surface area (Å²) in [5.41, 5.74) is 0. The Hall–Kier alpha value is -1.14. The third-order valence-corrected chi connectivity index (χ3v) is 4.34. The zero-order chi connectivity index (χ0) is 13.4. The Kier molecular flexibility index (Phi) is 3.45. The van der Waals surface area contributed by atoms with E-state index in [1.54, 1.807) is 4.90 Å². The molecule has 3 fully saturated rings. The summed E-state index contributed by atoms with van der Waals surface area (Å²) < 4.78 is 11.0. The van der Waals surface area contributed by atoms with Gasteiger partial charge in [0.15, 0.2) is 0 Å². The molecule has 3 saturated heterocycles. The van der Waals surface area contributed by atoms with Gasteiger partial charge in [0.05, 0.1) is 43.8 Å². The number of morpholine rings is 1. The Morgan fingerprint density at radius 2 is 2.16 bits per heavy atom. The molecule has 0 aromatic carbocycles. The summed E-state index contributed by atoms with van der Waals surface area (Å²) in [6.45, 7) is 1.30. The first-order valence-electron chi connectivity index (χ1n) is 6.90. The van der Waals surface area contributed by atoms with Crippen LogP contribution in [0.4, 0.5) is 0 Å². The van der Waals surface area contributed by atoms with E-state index in [0.717, 1.165) is 19.3 Å². The van der Waals surface area contributed by atoms with E-state index in [1.807, 2.05) is 0 Å². The van der Waals surface area contributed by atoms with Crippen molar-refractivity contribution in [2.45, 2.75) is 43.9 Å². The first-order chi connectivity index (χ1) is 9.15. The average Bonchev–Trinajstić information content (AvgIpc) is 3.00. The highest BCUT2D eigenvalue weighted by molar-refractivity contribution is 5.81. The van der Waals surface area contributed by atoms with E-state index in [1.165, 1.54) is 0 Å². The van der Waals surface area contributed by atoms with Crippen LogP contribution in [0.3, 0.4) is 0 Å². The molecule has 0 spiro atoms. The highest BCUT2D eigenvalue weighted by atomic mass is 16.5. The number of ether oxygens (including phenoxy) is 2. The lowest BCUT2D eigenvalue weighted by Crippen LogP contribution is -2.52. The predicted molar refractivity (Wildman–Crippen MR) is 64.6 cm³/mol. The van der Waals surface area contributed by atoms with Crippen molar-refractivity contribution in [1.82, 2.24) is 4.90 Å². The van der Waals surface area contributed by atoms with Gasteiger partial charge < -0.3 is 19.5 Å². The number of hydrogen-bond donors (Lipinski definition) is 1. The number of carbonyl (C=O) groups is 2. The number of carbonyl (C=O) groups excluding carboxylic acids is 1. The fourth-order valence-electron chi connectivity index (χ4n) is 3.43. The van der Waals surface area contributed by atoms with Gasteiger partial charge in [0.1, 0.15) is 0 Å². The quantitative estimate of drug-likeness (QED) is 0.795. The van der Waals surface area contributed by atoms with Crippen LogP contribution in [0.1, 0.15) is 25.7 Å². The molecular formula is C13H19NO5. The van der Waals surface area contributed by atoms with Gasteiger partial charge in [0.2, 0.25) is 5.91 Å². The number of nitrogens with zero attached hydrogens (tertiary/aromatic N) is 1. The Morgan fingerprint density at radius 3 is 2.79 bits per heavy atom. The maximum Gasteiger partial charge on any atom is 0.305 e. The van der Waals surface area contributed by atoms with Crippen LogP contribution in [-0.4, -0.2) is 59.9 Å². The van der Waals surface area contributed by atoms with E-state index < -0.39 is 5.97 Å². The first-order valence-corrected chi connectivity index (χ1v) is 6.90. The molecule has 0 aliphatic carbocycles. The van der Waals surface area contributed by atoms with Gasteiger partial charge in [0.25, 0.3) is 0 Å². The minimum Gasteiger partial charge on any atom is -0.481 e. The van der Waals surface area contributed by atoms with Gasteiger partial charge in [-0.05, 0) is 19.3 Å². The summed E-state index contributed by atoms with van der Waals surface area (Å²) in [7, 11) is 0. The topological polar surface area (TPSA) is 76.1 Å². The molecular weight excluding hydrogens is 250 g/mol. The van der Waals surface area contributed by atoms with Crippen molar-refractivity contribution in [3.8, 4) is 0 Å². The maximum absolute atomic E-state index is 12.6. The Bertz CT molecular complexity index is 385. The molecule has 3 aliphatic rings. The molecule has 6 nitrogen and oxygen atoms in total. The zero-order valence-electron chi connectivity index (χ0n) is 10.8. The number of carboxylic acids is 1. The molecule has 0 radical (unpaired) electrons. The molecule has 106 valence electrons. The SMILES string of the molecule is O=C(O)C[C@@H]1COCCN1C(=O)[C@H]1C[C@H]2CC[C@H]1O2. The van der Waals surface area contributed by atoms with Crippen LogP contribution >= 0.6 is 0 Å². The summed E-state index contributed by atoms with van der Waals surface area (Å²) in [5.74, 6) is -0.910. The van der Waals surface area contributed by atoms with E-state index in [4.69, 9.17) is 14.6 Å². The lowest BCUT2D eigenvalue weighted by Gasteiger charge is -2.37. The third-order valence-electron chi connectivity index (χ3n) is 4.34. The average molecular weight is 269 g/mol. The maximum atomic E-state index is 12.6. The summed E-state index contributed by atoms with van der Waals surface area (Å²) >= 11 is 0. The molecule has 0 aromatic rings. The van der Waals surface area contributed by atoms with Crippen LogP contribution in [-0.2, 0) is 19.1 Å². The molecule has 19 heavy (non-hydrogen) atoms. The van der Waals surface area contributed by atoms with Crippen molar-refractivity contribution >= 4 is 11.9 Å². The standard InChI is InChI=1S/C13H19NO5/c15-12(16)5-8-7-18-4-3-14(8)13(17)10-6-9-1-2-11(10)19-9/h8-11H,1-7H2,(H,15,16)/t8-,9-,10+,11-/m1/s1. The van der Waals surface area contributed by atoms with E-state index in [-0.39, 0.29) is 36.5 Å². The molecule has 0 unspecified atom stereocenters. The van der Waals surface area contributed by atoms with Gasteiger partial charge in [-0.25, -0.2) is 0 Å². The molecule has 0 aromatic heterocycles. The highest BCUT2D eigenvalue weighted by Crippen LogP contribution is 2.40. The van der Waals surface area contributed by atoms with Crippen LogP contribution in [0.25, 0.3) is 0 Å². The Balaban J connectivity index is 1.68. The second kappa shape index (κ2) is 5.09. The summed E-state index contributed by atoms with van der Waals surface area (Å²) in [6, 6.07) is -0.335. The summed E-state index contributed by atoms with van der Waals surface area (Å²) in [4.78, 5) is 25.1. The number of aliphatic carboxylic acids is 1. The van der Waals surface area contributed by atoms with E-state index in [9.17, 15) is 9.59 Å². The molecule has 1 amide bonds. The Morgan fingerprint density at radius 1 is 1.32 bits per heavy atom. The zero-order valence-corrected chi connectivity index (χ0v) is 10.8. The molecule has 2 bridgehead atoms. The number of rotatable bonds is 3. The lowest BCUT2D eigenvalue weighted by molar-refractivity contribution is -0.150. The lowest BCUT2D eigenvalue weighted by atomic mass is 9.87. The number of fused-ring (bicyclic) bond motifs is 2. The fourth-order valence-corrected chi connectivity index (χ4v) is 3.43. The van der Waals surface area contributed by atoms with E-state index in [0.29, 0.717) is 19.8 Å². The van der Waals surface area contributed by atoms with Crippen LogP contribution in [0.2, 0.25) is 0 Å².